The van der Waals surface area contributed by atoms with Crippen LogP contribution in [-0.4, -0.2) is 27.2 Å². The minimum Gasteiger partial charge on any atom is -0.328 e. The van der Waals surface area contributed by atoms with Crippen molar-refractivity contribution < 1.29 is 14.2 Å². The van der Waals surface area contributed by atoms with Gasteiger partial charge >= 0.3 is 16.8 Å². The summed E-state index contributed by atoms with van der Waals surface area (Å²) in [6.07, 6.45) is 1.30. The van der Waals surface area contributed by atoms with E-state index in [4.69, 9.17) is 4.52 Å². The molecule has 0 fully saturated rings. The average Bonchev–Trinajstić information content (AvgIpc) is 3.27. The van der Waals surface area contributed by atoms with Crippen molar-refractivity contribution in [3.63, 3.8) is 0 Å². The van der Waals surface area contributed by atoms with Crippen molar-refractivity contribution in [1.29, 1.82) is 0 Å². The summed E-state index contributed by atoms with van der Waals surface area (Å²) in [6.45, 7) is 0. The van der Waals surface area contributed by atoms with Crippen LogP contribution >= 0.6 is 22.7 Å². The zero-order chi connectivity index (χ0) is 16.2. The van der Waals surface area contributed by atoms with E-state index in [1.54, 1.807) is 6.07 Å². The van der Waals surface area contributed by atoms with Crippen molar-refractivity contribution in [1.82, 2.24) is 15.6 Å². The van der Waals surface area contributed by atoms with Crippen LogP contribution < -0.4 is 5.43 Å². The number of hydrogen-bond donors (Lipinski definition) is 1. The van der Waals surface area contributed by atoms with Gasteiger partial charge in [0.2, 0.25) is 5.82 Å². The van der Waals surface area contributed by atoms with Gasteiger partial charge in [-0.2, -0.15) is 10.1 Å². The van der Waals surface area contributed by atoms with E-state index in [9.17, 15) is 14.9 Å². The van der Waals surface area contributed by atoms with Gasteiger partial charge in [0, 0.05) is 6.07 Å². The van der Waals surface area contributed by atoms with E-state index in [1.807, 2.05) is 11.4 Å². The molecular formula is C12H7N5O4S2. The third kappa shape index (κ3) is 3.46. The molecule has 0 aliphatic heterocycles. The summed E-state index contributed by atoms with van der Waals surface area (Å²) in [5.74, 6) is -0.562. The maximum Gasteiger partial charge on any atom is 0.329 e. The van der Waals surface area contributed by atoms with Crippen molar-refractivity contribution >= 4 is 39.8 Å². The summed E-state index contributed by atoms with van der Waals surface area (Å²) in [4.78, 5) is 27.1. The fourth-order valence-corrected chi connectivity index (χ4v) is 2.88. The Hall–Kier alpha value is -2.92. The highest BCUT2D eigenvalue weighted by atomic mass is 32.1. The van der Waals surface area contributed by atoms with Gasteiger partial charge in [-0.15, -0.1) is 11.3 Å². The van der Waals surface area contributed by atoms with Gasteiger partial charge in [-0.05, 0) is 17.5 Å². The van der Waals surface area contributed by atoms with Crippen molar-refractivity contribution in [2.45, 2.75) is 0 Å². The zero-order valence-electron chi connectivity index (χ0n) is 11.2. The van der Waals surface area contributed by atoms with E-state index in [1.165, 1.54) is 29.7 Å². The monoisotopic (exact) mass is 349 g/mol. The predicted molar refractivity (Wildman–Crippen MR) is 83.6 cm³/mol. The first-order chi connectivity index (χ1) is 11.1. The highest BCUT2D eigenvalue weighted by molar-refractivity contribution is 7.16. The number of hydrogen-bond acceptors (Lipinski definition) is 9. The van der Waals surface area contributed by atoms with Crippen LogP contribution in [0.25, 0.3) is 10.7 Å². The van der Waals surface area contributed by atoms with Gasteiger partial charge < -0.3 is 4.52 Å². The van der Waals surface area contributed by atoms with Crippen molar-refractivity contribution in [2.24, 2.45) is 5.10 Å². The number of amides is 1. The number of nitro groups is 1. The molecule has 0 unspecified atom stereocenters. The molecule has 0 saturated heterocycles. The molecule has 23 heavy (non-hydrogen) atoms. The maximum absolute atomic E-state index is 11.8. The molecule has 0 atom stereocenters. The molecule has 9 nitrogen and oxygen atoms in total. The number of thiophene rings is 2. The molecular weight excluding hydrogens is 342 g/mol. The lowest BCUT2D eigenvalue weighted by Crippen LogP contribution is -2.17. The van der Waals surface area contributed by atoms with E-state index in [2.05, 4.69) is 20.7 Å². The minimum atomic E-state index is -0.664. The van der Waals surface area contributed by atoms with E-state index in [-0.39, 0.29) is 10.9 Å². The number of nitrogens with zero attached hydrogens (tertiary/aromatic N) is 4. The Kier molecular flexibility index (Phi) is 4.21. The van der Waals surface area contributed by atoms with E-state index in [0.29, 0.717) is 10.7 Å². The maximum atomic E-state index is 11.8. The second-order valence-electron chi connectivity index (χ2n) is 4.03. The van der Waals surface area contributed by atoms with E-state index >= 15 is 0 Å². The topological polar surface area (TPSA) is 124 Å². The molecule has 11 heteroatoms. The second-order valence-corrected chi connectivity index (χ2v) is 6.07. The minimum absolute atomic E-state index is 0.00438. The summed E-state index contributed by atoms with van der Waals surface area (Å²) in [7, 11) is 0. The van der Waals surface area contributed by atoms with Crippen LogP contribution in [0.15, 0.2) is 39.3 Å². The summed E-state index contributed by atoms with van der Waals surface area (Å²) in [6, 6.07) is 6.53. The number of carbonyl (C=O) groups excluding carboxylic acids is 1. The van der Waals surface area contributed by atoms with Gasteiger partial charge in [-0.1, -0.05) is 22.6 Å². The Balaban J connectivity index is 1.63. The lowest BCUT2D eigenvalue weighted by atomic mass is 10.4. The zero-order valence-corrected chi connectivity index (χ0v) is 12.8. The lowest BCUT2D eigenvalue weighted by molar-refractivity contribution is -0.380. The van der Waals surface area contributed by atoms with Crippen molar-refractivity contribution in [3.8, 4) is 10.7 Å². The summed E-state index contributed by atoms with van der Waals surface area (Å²) in [5.41, 5.74) is 2.22. The molecule has 0 radical (unpaired) electrons. The van der Waals surface area contributed by atoms with Crippen LogP contribution in [0.3, 0.4) is 0 Å². The Morgan fingerprint density at radius 3 is 3.00 bits per heavy atom. The first-order valence-corrected chi connectivity index (χ1v) is 7.78. The first-order valence-electron chi connectivity index (χ1n) is 6.08. The Morgan fingerprint density at radius 2 is 2.30 bits per heavy atom. The van der Waals surface area contributed by atoms with Crippen LogP contribution in [-0.2, 0) is 0 Å². The standard InChI is InChI=1S/C12H7N5O4S2/c18-11(12-14-10(16-21-12)8-2-1-5-22-8)15-13-6-7-3-4-9(23-7)17(19)20/h1-6H,(H,15,18). The molecule has 0 bridgehead atoms. The third-order valence-corrected chi connectivity index (χ3v) is 4.35. The number of carbonyl (C=O) groups is 1. The van der Waals surface area contributed by atoms with Crippen LogP contribution in [0.1, 0.15) is 15.6 Å². The molecule has 0 aliphatic carbocycles. The highest BCUT2D eigenvalue weighted by Crippen LogP contribution is 2.22. The summed E-state index contributed by atoms with van der Waals surface area (Å²) in [5, 5.41) is 19.8. The molecule has 0 aromatic carbocycles. The van der Waals surface area contributed by atoms with Crippen LogP contribution in [0, 0.1) is 10.1 Å². The van der Waals surface area contributed by atoms with Gasteiger partial charge in [-0.25, -0.2) is 5.43 Å². The van der Waals surface area contributed by atoms with E-state index in [0.717, 1.165) is 16.2 Å². The number of rotatable bonds is 5. The molecule has 3 rings (SSSR count). The van der Waals surface area contributed by atoms with Gasteiger partial charge in [0.1, 0.15) is 0 Å². The fourth-order valence-electron chi connectivity index (χ4n) is 1.53. The molecule has 1 N–H and O–H groups in total. The van der Waals surface area contributed by atoms with Crippen LogP contribution in [0.5, 0.6) is 0 Å². The summed E-state index contributed by atoms with van der Waals surface area (Å²) >= 11 is 2.36. The van der Waals surface area contributed by atoms with E-state index < -0.39 is 10.8 Å². The van der Waals surface area contributed by atoms with Crippen molar-refractivity contribution in [2.75, 3.05) is 0 Å². The number of nitrogens with one attached hydrogen (secondary N) is 1. The Morgan fingerprint density at radius 1 is 1.43 bits per heavy atom. The fraction of sp³-hybridized carbons (Fsp3) is 0. The molecule has 0 saturated carbocycles. The number of aromatic nitrogens is 2. The molecule has 3 aromatic rings. The smallest absolute Gasteiger partial charge is 0.328 e. The molecule has 3 heterocycles. The first kappa shape index (κ1) is 15.0. The molecule has 0 spiro atoms. The quantitative estimate of drug-likeness (QED) is 0.429. The molecule has 3 aromatic heterocycles. The Labute approximate surface area is 136 Å². The predicted octanol–water partition coefficient (Wildman–Crippen LogP) is 2.53. The second kappa shape index (κ2) is 6.46. The van der Waals surface area contributed by atoms with Gasteiger partial charge in [0.05, 0.1) is 20.9 Å². The van der Waals surface area contributed by atoms with Crippen LogP contribution in [0.2, 0.25) is 0 Å². The van der Waals surface area contributed by atoms with Crippen molar-refractivity contribution in [3.05, 3.63) is 50.5 Å². The van der Waals surface area contributed by atoms with Crippen LogP contribution in [0.4, 0.5) is 5.00 Å². The normalized spacial score (nSPS) is 11.0. The Bertz CT molecular complexity index is 868. The number of hydrazone groups is 1. The van der Waals surface area contributed by atoms with Gasteiger partial charge in [0.15, 0.2) is 0 Å². The van der Waals surface area contributed by atoms with Gasteiger partial charge in [-0.3, -0.25) is 14.9 Å². The SMILES string of the molecule is O=C(NN=Cc1ccc([N+](=O)[O-])s1)c1nc(-c2cccs2)no1. The largest absolute Gasteiger partial charge is 0.329 e. The molecule has 116 valence electrons. The summed E-state index contributed by atoms with van der Waals surface area (Å²) < 4.78 is 4.86. The highest BCUT2D eigenvalue weighted by Gasteiger charge is 2.16. The molecule has 1 amide bonds. The van der Waals surface area contributed by atoms with Gasteiger partial charge in [0.25, 0.3) is 0 Å². The molecule has 0 aliphatic rings. The third-order valence-electron chi connectivity index (χ3n) is 2.51. The lowest BCUT2D eigenvalue weighted by Gasteiger charge is -1.91. The average molecular weight is 349 g/mol.